The normalized spacial score (nSPS) is 17.9. The number of carbonyl (C=O) groups excluding carboxylic acids is 3. The van der Waals surface area contributed by atoms with Crippen LogP contribution in [-0.4, -0.2) is 71.5 Å². The lowest BCUT2D eigenvalue weighted by atomic mass is 9.96. The van der Waals surface area contributed by atoms with Crippen LogP contribution in [0.4, 0.5) is 0 Å². The van der Waals surface area contributed by atoms with Gasteiger partial charge in [0.15, 0.2) is 11.8 Å². The van der Waals surface area contributed by atoms with Crippen molar-refractivity contribution in [2.45, 2.75) is 57.1 Å². The van der Waals surface area contributed by atoms with Gasteiger partial charge in [0, 0.05) is 43.8 Å². The van der Waals surface area contributed by atoms with Gasteiger partial charge in [-0.05, 0) is 68.7 Å². The van der Waals surface area contributed by atoms with E-state index < -0.39 is 41.8 Å². The van der Waals surface area contributed by atoms with Gasteiger partial charge in [0.25, 0.3) is 17.7 Å². The van der Waals surface area contributed by atoms with Crippen molar-refractivity contribution in [3.05, 3.63) is 70.8 Å². The Morgan fingerprint density at radius 2 is 1.62 bits per heavy atom. The highest BCUT2D eigenvalue weighted by Crippen LogP contribution is 2.20. The summed E-state index contributed by atoms with van der Waals surface area (Å²) in [4.78, 5) is 45.5. The van der Waals surface area contributed by atoms with Crippen LogP contribution in [0.25, 0.3) is 0 Å². The van der Waals surface area contributed by atoms with Crippen molar-refractivity contribution < 1.29 is 34.2 Å². The van der Waals surface area contributed by atoms with Crippen LogP contribution < -0.4 is 10.8 Å². The molecule has 10 nitrogen and oxygen atoms in total. The smallest absolute Gasteiger partial charge is 0.279 e. The Labute approximate surface area is 228 Å². The van der Waals surface area contributed by atoms with E-state index in [2.05, 4.69) is 22.6 Å². The number of hydrogen-bond acceptors (Lipinski definition) is 7. The number of nitrogens with zero attached hydrogens (tertiary/aromatic N) is 1. The Morgan fingerprint density at radius 3 is 2.13 bits per heavy atom. The van der Waals surface area contributed by atoms with Gasteiger partial charge in [-0.15, -0.1) is 0 Å². The minimum absolute atomic E-state index is 0.263. The van der Waals surface area contributed by atoms with E-state index in [0.29, 0.717) is 29.7 Å². The molecule has 1 saturated heterocycles. The molecule has 0 spiro atoms. The van der Waals surface area contributed by atoms with E-state index in [0.717, 1.165) is 17.7 Å². The minimum atomic E-state index is -1.90. The van der Waals surface area contributed by atoms with Crippen LogP contribution in [0.2, 0.25) is 0 Å². The average molecular weight is 538 g/mol. The van der Waals surface area contributed by atoms with Crippen LogP contribution >= 0.6 is 0 Å². The summed E-state index contributed by atoms with van der Waals surface area (Å²) < 4.78 is 5.44. The van der Waals surface area contributed by atoms with Crippen molar-refractivity contribution >= 4 is 17.7 Å². The fourth-order valence-electron chi connectivity index (χ4n) is 3.95. The first-order valence-electron chi connectivity index (χ1n) is 12.7. The maximum absolute atomic E-state index is 13.3. The first-order valence-corrected chi connectivity index (χ1v) is 12.7. The second-order valence-electron chi connectivity index (χ2n) is 9.50. The van der Waals surface area contributed by atoms with Gasteiger partial charge in [0.05, 0.1) is 6.10 Å². The third-order valence-corrected chi connectivity index (χ3v) is 6.70. The number of benzene rings is 2. The summed E-state index contributed by atoms with van der Waals surface area (Å²) in [5, 5.41) is 21.9. The van der Waals surface area contributed by atoms with Gasteiger partial charge in [-0.25, -0.2) is 10.3 Å². The number of aliphatic hydroxyl groups is 2. The Balaban J connectivity index is 1.70. The predicted octanol–water partition coefficient (Wildman–Crippen LogP) is 1.65. The topological polar surface area (TPSA) is 137 Å². The van der Waals surface area contributed by atoms with Crippen LogP contribution in [0.5, 0.6) is 0 Å². The number of rotatable bonds is 8. The number of ether oxygens (including phenoxy) is 1. The fraction of sp³-hybridized carbons (Fsp3) is 0.414. The molecule has 1 unspecified atom stereocenters. The van der Waals surface area contributed by atoms with Gasteiger partial charge >= 0.3 is 0 Å². The molecule has 0 aromatic heterocycles. The van der Waals surface area contributed by atoms with E-state index in [1.165, 1.54) is 27.9 Å². The maximum atomic E-state index is 13.3. The number of amides is 3. The van der Waals surface area contributed by atoms with E-state index in [9.17, 15) is 24.6 Å². The van der Waals surface area contributed by atoms with Crippen molar-refractivity contribution in [3.63, 3.8) is 0 Å². The maximum Gasteiger partial charge on any atom is 0.279 e. The van der Waals surface area contributed by atoms with Crippen molar-refractivity contribution in [1.29, 1.82) is 0 Å². The van der Waals surface area contributed by atoms with Gasteiger partial charge in [0.2, 0.25) is 0 Å². The Kier molecular flexibility index (Phi) is 10.2. The third-order valence-electron chi connectivity index (χ3n) is 6.70. The largest absolute Gasteiger partial charge is 0.390 e. The van der Waals surface area contributed by atoms with Gasteiger partial charge < -0.3 is 25.2 Å². The summed E-state index contributed by atoms with van der Waals surface area (Å²) >= 11 is 0. The molecule has 1 fully saturated rings. The molecule has 1 heterocycles. The molecule has 4 N–H and O–H groups in total. The Hall–Kier alpha value is -3.75. The quantitative estimate of drug-likeness (QED) is 0.228. The molecule has 1 aliphatic heterocycles. The van der Waals surface area contributed by atoms with Gasteiger partial charge in [-0.2, -0.15) is 0 Å². The molecule has 0 aliphatic carbocycles. The predicted molar refractivity (Wildman–Crippen MR) is 143 cm³/mol. The molecule has 3 rings (SSSR count). The number of nitrogens with one attached hydrogen (secondary N) is 2. The molecule has 3 amide bonds. The number of hydroxylamine groups is 1. The monoisotopic (exact) mass is 537 g/mol. The lowest BCUT2D eigenvalue weighted by Gasteiger charge is -2.36. The summed E-state index contributed by atoms with van der Waals surface area (Å²) in [5.74, 6) is 3.99. The molecule has 1 aliphatic rings. The van der Waals surface area contributed by atoms with Crippen LogP contribution in [0.15, 0.2) is 48.5 Å². The SMILES string of the molecule is CNC(=O)[C@@](C)(C(=O)NOC1CCCCO1)N(C)C(=O)c1ccc(C#Cc2ccc([C@H](O)[C@H](C)O)cc2)cc1. The van der Waals surface area contributed by atoms with Crippen molar-refractivity contribution in [1.82, 2.24) is 15.7 Å². The molecule has 39 heavy (non-hydrogen) atoms. The van der Waals surface area contributed by atoms with Gasteiger partial charge in [-0.1, -0.05) is 24.0 Å². The highest BCUT2D eigenvalue weighted by atomic mass is 16.8. The second kappa shape index (κ2) is 13.4. The molecule has 2 aromatic carbocycles. The highest BCUT2D eigenvalue weighted by Gasteiger charge is 2.47. The van der Waals surface area contributed by atoms with Crippen molar-refractivity contribution in [2.24, 2.45) is 0 Å². The first-order chi connectivity index (χ1) is 18.6. The minimum Gasteiger partial charge on any atom is -0.390 e. The summed E-state index contributed by atoms with van der Waals surface area (Å²) in [6, 6.07) is 13.4. The standard InChI is InChI=1S/C29H35N3O7/c1-19(33)25(34)22-14-10-20(11-15-22)8-9-21-12-16-23(17-13-21)26(35)32(4)29(2,27(36)30-3)28(37)31-39-24-7-5-6-18-38-24/h10-17,19,24-25,33-34H,5-7,18H2,1-4H3,(H,30,36)(H,31,37)/t19-,24?,25+,29-/m0/s1. The molecule has 0 radical (unpaired) electrons. The second-order valence-corrected chi connectivity index (χ2v) is 9.50. The van der Waals surface area contributed by atoms with E-state index in [1.54, 1.807) is 48.5 Å². The van der Waals surface area contributed by atoms with Crippen LogP contribution in [-0.2, 0) is 19.2 Å². The zero-order chi connectivity index (χ0) is 28.6. The highest BCUT2D eigenvalue weighted by molar-refractivity contribution is 6.12. The van der Waals surface area contributed by atoms with E-state index in [4.69, 9.17) is 9.57 Å². The van der Waals surface area contributed by atoms with Crippen molar-refractivity contribution in [2.75, 3.05) is 20.7 Å². The molecule has 4 atom stereocenters. The Bertz CT molecular complexity index is 1210. The van der Waals surface area contributed by atoms with Crippen LogP contribution in [0.3, 0.4) is 0 Å². The number of likely N-dealkylation sites (N-methyl/N-ethyl adjacent to an activating group) is 2. The lowest BCUT2D eigenvalue weighted by Crippen LogP contribution is -2.65. The number of hydrogen-bond donors (Lipinski definition) is 4. The van der Waals surface area contributed by atoms with Gasteiger partial charge in [0.1, 0.15) is 6.10 Å². The van der Waals surface area contributed by atoms with E-state index in [1.807, 2.05) is 0 Å². The lowest BCUT2D eigenvalue weighted by molar-refractivity contribution is -0.204. The first kappa shape index (κ1) is 29.8. The summed E-state index contributed by atoms with van der Waals surface area (Å²) in [7, 11) is 2.76. The van der Waals surface area contributed by atoms with Crippen LogP contribution in [0, 0.1) is 11.8 Å². The zero-order valence-electron chi connectivity index (χ0n) is 22.6. The number of aliphatic hydroxyl groups excluding tert-OH is 2. The van der Waals surface area contributed by atoms with E-state index in [-0.39, 0.29) is 5.56 Å². The van der Waals surface area contributed by atoms with Crippen LogP contribution in [0.1, 0.15) is 66.3 Å². The average Bonchev–Trinajstić information content (AvgIpc) is 2.97. The molecular weight excluding hydrogens is 502 g/mol. The van der Waals surface area contributed by atoms with Gasteiger partial charge in [-0.3, -0.25) is 14.4 Å². The fourth-order valence-corrected chi connectivity index (χ4v) is 3.95. The number of carbonyl (C=O) groups is 3. The zero-order valence-corrected chi connectivity index (χ0v) is 22.6. The Morgan fingerprint density at radius 1 is 1.03 bits per heavy atom. The summed E-state index contributed by atoms with van der Waals surface area (Å²) in [6.45, 7) is 3.38. The van der Waals surface area contributed by atoms with E-state index >= 15 is 0 Å². The van der Waals surface area contributed by atoms with Crippen molar-refractivity contribution in [3.8, 4) is 11.8 Å². The third kappa shape index (κ3) is 7.22. The summed E-state index contributed by atoms with van der Waals surface area (Å²) in [5.41, 5.74) is 2.61. The molecule has 10 heteroatoms. The molecule has 2 aromatic rings. The molecule has 0 saturated carbocycles. The molecular formula is C29H35N3O7. The molecule has 208 valence electrons. The summed E-state index contributed by atoms with van der Waals surface area (Å²) in [6.07, 6.45) is -0.0422. The molecule has 0 bridgehead atoms.